The molecule has 1 aliphatic heterocycles. The molecule has 0 saturated carbocycles. The molecule has 0 unspecified atom stereocenters. The highest BCUT2D eigenvalue weighted by Gasteiger charge is 2.24. The summed E-state index contributed by atoms with van der Waals surface area (Å²) in [5, 5.41) is 3.08. The SMILES string of the molecule is COc1cc(C(=O)N2CCCN(c3nc(C)cs3)CC2)cc(OC)c1OC. The van der Waals surface area contributed by atoms with Gasteiger partial charge in [0.05, 0.1) is 27.0 Å². The van der Waals surface area contributed by atoms with Crippen LogP contribution in [0.3, 0.4) is 0 Å². The summed E-state index contributed by atoms with van der Waals surface area (Å²) < 4.78 is 16.1. The monoisotopic (exact) mass is 391 g/mol. The molecule has 1 fully saturated rings. The summed E-state index contributed by atoms with van der Waals surface area (Å²) in [5.74, 6) is 1.41. The molecule has 1 saturated heterocycles. The van der Waals surface area contributed by atoms with Gasteiger partial charge >= 0.3 is 0 Å². The van der Waals surface area contributed by atoms with Crippen LogP contribution in [0, 0.1) is 6.92 Å². The smallest absolute Gasteiger partial charge is 0.254 e. The van der Waals surface area contributed by atoms with Crippen LogP contribution >= 0.6 is 11.3 Å². The molecule has 0 atom stereocenters. The zero-order valence-electron chi connectivity index (χ0n) is 16.2. The molecule has 1 aromatic carbocycles. The van der Waals surface area contributed by atoms with Crippen LogP contribution in [0.25, 0.3) is 0 Å². The van der Waals surface area contributed by atoms with E-state index in [0.29, 0.717) is 35.9 Å². The Morgan fingerprint density at radius 3 is 2.30 bits per heavy atom. The van der Waals surface area contributed by atoms with Gasteiger partial charge < -0.3 is 24.0 Å². The predicted octanol–water partition coefficient (Wildman–Crippen LogP) is 2.83. The zero-order chi connectivity index (χ0) is 19.4. The lowest BCUT2D eigenvalue weighted by Gasteiger charge is -2.22. The van der Waals surface area contributed by atoms with Crippen LogP contribution in [0.1, 0.15) is 22.5 Å². The molecule has 2 aromatic rings. The van der Waals surface area contributed by atoms with E-state index in [-0.39, 0.29) is 5.91 Å². The van der Waals surface area contributed by atoms with Crippen molar-refractivity contribution in [2.75, 3.05) is 52.4 Å². The number of anilines is 1. The van der Waals surface area contributed by atoms with Gasteiger partial charge in [-0.2, -0.15) is 0 Å². The summed E-state index contributed by atoms with van der Waals surface area (Å²) in [6.45, 7) is 5.01. The van der Waals surface area contributed by atoms with E-state index in [2.05, 4.69) is 15.3 Å². The predicted molar refractivity (Wildman–Crippen MR) is 106 cm³/mol. The van der Waals surface area contributed by atoms with Crippen molar-refractivity contribution in [3.05, 3.63) is 28.8 Å². The van der Waals surface area contributed by atoms with Gasteiger partial charge in [0.1, 0.15) is 0 Å². The highest BCUT2D eigenvalue weighted by atomic mass is 32.1. The molecule has 0 radical (unpaired) electrons. The molecule has 1 amide bonds. The van der Waals surface area contributed by atoms with E-state index in [9.17, 15) is 4.79 Å². The lowest BCUT2D eigenvalue weighted by atomic mass is 10.1. The third kappa shape index (κ3) is 4.10. The van der Waals surface area contributed by atoms with Crippen molar-refractivity contribution in [1.29, 1.82) is 0 Å². The van der Waals surface area contributed by atoms with E-state index < -0.39 is 0 Å². The van der Waals surface area contributed by atoms with Crippen LogP contribution in [-0.4, -0.2) is 63.3 Å². The van der Waals surface area contributed by atoms with E-state index in [4.69, 9.17) is 14.2 Å². The van der Waals surface area contributed by atoms with Crippen molar-refractivity contribution in [1.82, 2.24) is 9.88 Å². The van der Waals surface area contributed by atoms with E-state index >= 15 is 0 Å². The molecule has 3 rings (SSSR count). The minimum atomic E-state index is -0.0357. The third-order valence-corrected chi connectivity index (χ3v) is 5.59. The van der Waals surface area contributed by atoms with Crippen molar-refractivity contribution >= 4 is 22.4 Å². The Hall–Kier alpha value is -2.48. The first-order valence-corrected chi connectivity index (χ1v) is 9.71. The van der Waals surface area contributed by atoms with Crippen molar-refractivity contribution < 1.29 is 19.0 Å². The van der Waals surface area contributed by atoms with Crippen LogP contribution in [0.5, 0.6) is 17.2 Å². The maximum Gasteiger partial charge on any atom is 0.254 e. The Morgan fingerprint density at radius 1 is 1.04 bits per heavy atom. The fraction of sp³-hybridized carbons (Fsp3) is 0.474. The van der Waals surface area contributed by atoms with Gasteiger partial charge in [-0.05, 0) is 25.5 Å². The van der Waals surface area contributed by atoms with Gasteiger partial charge in [0.2, 0.25) is 5.75 Å². The molecule has 0 spiro atoms. The maximum absolute atomic E-state index is 13.1. The second kappa shape index (κ2) is 8.47. The first-order valence-electron chi connectivity index (χ1n) is 8.83. The minimum absolute atomic E-state index is 0.0357. The molecule has 0 bridgehead atoms. The molecule has 1 aliphatic rings. The molecule has 8 heteroatoms. The zero-order valence-corrected chi connectivity index (χ0v) is 17.0. The lowest BCUT2D eigenvalue weighted by molar-refractivity contribution is 0.0766. The summed E-state index contributed by atoms with van der Waals surface area (Å²) >= 11 is 1.65. The Morgan fingerprint density at radius 2 is 1.74 bits per heavy atom. The van der Waals surface area contributed by atoms with Gasteiger partial charge in [-0.15, -0.1) is 11.3 Å². The number of carbonyl (C=O) groups excluding carboxylic acids is 1. The first kappa shape index (κ1) is 19.3. The highest BCUT2D eigenvalue weighted by molar-refractivity contribution is 7.13. The molecule has 2 heterocycles. The number of ether oxygens (including phenoxy) is 3. The number of amides is 1. The normalized spacial score (nSPS) is 14.7. The van der Waals surface area contributed by atoms with Crippen molar-refractivity contribution in [2.45, 2.75) is 13.3 Å². The summed E-state index contributed by atoms with van der Waals surface area (Å²) in [7, 11) is 4.64. The quantitative estimate of drug-likeness (QED) is 0.781. The van der Waals surface area contributed by atoms with E-state index in [1.54, 1.807) is 44.8 Å². The van der Waals surface area contributed by atoms with Crippen LogP contribution in [0.15, 0.2) is 17.5 Å². The molecular weight excluding hydrogens is 366 g/mol. The van der Waals surface area contributed by atoms with Gasteiger partial charge in [0.25, 0.3) is 5.91 Å². The van der Waals surface area contributed by atoms with Crippen LogP contribution < -0.4 is 19.1 Å². The standard InChI is InChI=1S/C19H25N3O4S/c1-13-12-27-19(20-13)22-7-5-6-21(8-9-22)18(23)14-10-15(24-2)17(26-4)16(11-14)25-3/h10-12H,5-9H2,1-4H3. The number of carbonyl (C=O) groups is 1. The molecular formula is C19H25N3O4S. The minimum Gasteiger partial charge on any atom is -0.493 e. The van der Waals surface area contributed by atoms with E-state index in [1.165, 1.54) is 0 Å². The summed E-state index contributed by atoms with van der Waals surface area (Å²) in [5.41, 5.74) is 1.56. The van der Waals surface area contributed by atoms with E-state index in [1.807, 2.05) is 11.8 Å². The number of hydrogen-bond donors (Lipinski definition) is 0. The number of nitrogens with zero attached hydrogens (tertiary/aromatic N) is 3. The topological polar surface area (TPSA) is 64.1 Å². The highest BCUT2D eigenvalue weighted by Crippen LogP contribution is 2.38. The summed E-state index contributed by atoms with van der Waals surface area (Å²) in [4.78, 5) is 21.8. The molecule has 0 aliphatic carbocycles. The molecule has 0 N–H and O–H groups in total. The maximum atomic E-state index is 13.1. The Balaban J connectivity index is 1.77. The Bertz CT molecular complexity index is 783. The van der Waals surface area contributed by atoms with Gasteiger partial charge in [0, 0.05) is 37.1 Å². The molecule has 1 aromatic heterocycles. The van der Waals surface area contributed by atoms with Crippen molar-refractivity contribution in [3.8, 4) is 17.2 Å². The molecule has 7 nitrogen and oxygen atoms in total. The van der Waals surface area contributed by atoms with Crippen LogP contribution in [-0.2, 0) is 0 Å². The van der Waals surface area contributed by atoms with Crippen molar-refractivity contribution in [2.24, 2.45) is 0 Å². The number of rotatable bonds is 5. The summed E-state index contributed by atoms with van der Waals surface area (Å²) in [6.07, 6.45) is 0.898. The molecule has 146 valence electrons. The second-order valence-corrected chi connectivity index (χ2v) is 7.15. The van der Waals surface area contributed by atoms with Crippen LogP contribution in [0.4, 0.5) is 5.13 Å². The number of aryl methyl sites for hydroxylation is 1. The number of benzene rings is 1. The van der Waals surface area contributed by atoms with Gasteiger partial charge in [0.15, 0.2) is 16.6 Å². The number of aromatic nitrogens is 1. The van der Waals surface area contributed by atoms with Gasteiger partial charge in [-0.1, -0.05) is 0 Å². The largest absolute Gasteiger partial charge is 0.493 e. The van der Waals surface area contributed by atoms with Gasteiger partial charge in [-0.25, -0.2) is 4.98 Å². The average Bonchev–Trinajstić information content (AvgIpc) is 2.98. The summed E-state index contributed by atoms with van der Waals surface area (Å²) in [6, 6.07) is 3.41. The second-order valence-electron chi connectivity index (χ2n) is 6.32. The van der Waals surface area contributed by atoms with Gasteiger partial charge in [-0.3, -0.25) is 4.79 Å². The fourth-order valence-corrected chi connectivity index (χ4v) is 4.04. The first-order chi connectivity index (χ1) is 13.1. The molecule has 27 heavy (non-hydrogen) atoms. The number of thiazole rings is 1. The van der Waals surface area contributed by atoms with E-state index in [0.717, 1.165) is 30.3 Å². The van der Waals surface area contributed by atoms with Crippen LogP contribution in [0.2, 0.25) is 0 Å². The Kier molecular flexibility index (Phi) is 6.05. The number of methoxy groups -OCH3 is 3. The fourth-order valence-electron chi connectivity index (χ4n) is 3.19. The Labute approximate surface area is 163 Å². The van der Waals surface area contributed by atoms with Crippen molar-refractivity contribution in [3.63, 3.8) is 0 Å². The lowest BCUT2D eigenvalue weighted by Crippen LogP contribution is -2.35. The number of hydrogen-bond acceptors (Lipinski definition) is 7. The average molecular weight is 391 g/mol. The third-order valence-electron chi connectivity index (χ3n) is 4.57.